The van der Waals surface area contributed by atoms with Gasteiger partial charge in [0.15, 0.2) is 13.6 Å². The Morgan fingerprint density at radius 2 is 2.00 bits per heavy atom. The fourth-order valence-electron chi connectivity index (χ4n) is 1.65. The van der Waals surface area contributed by atoms with E-state index in [1.807, 2.05) is 19.1 Å². The van der Waals surface area contributed by atoms with E-state index >= 15 is 0 Å². The van der Waals surface area contributed by atoms with Crippen LogP contribution in [0.25, 0.3) is 0 Å². The molecule has 0 saturated heterocycles. The fraction of sp³-hybridized carbons (Fsp3) is 0.231. The largest absolute Gasteiger partial charge is 0.454 e. The zero-order chi connectivity index (χ0) is 14.0. The number of sulfone groups is 1. The molecule has 1 heterocycles. The molecule has 0 amide bonds. The predicted octanol–water partition coefficient (Wildman–Crippen LogP) is 3.21. The minimum absolute atomic E-state index is 0.314. The summed E-state index contributed by atoms with van der Waals surface area (Å²) in [6, 6.07) is 8.84. The molecule has 0 aliphatic rings. The highest BCUT2D eigenvalue weighted by molar-refractivity contribution is 14.1. The van der Waals surface area contributed by atoms with Crippen molar-refractivity contribution in [2.45, 2.75) is 18.4 Å². The number of nitrogens with one attached hydrogen (secondary N) is 1. The van der Waals surface area contributed by atoms with Gasteiger partial charge in [0, 0.05) is 11.9 Å². The number of anilines is 1. The van der Waals surface area contributed by atoms with Gasteiger partial charge >= 0.3 is 0 Å². The molecule has 0 radical (unpaired) electrons. The molecule has 0 aliphatic carbocycles. The maximum Gasteiger partial charge on any atom is 0.175 e. The second-order valence-electron chi connectivity index (χ2n) is 4.31. The van der Waals surface area contributed by atoms with Crippen molar-refractivity contribution >= 4 is 38.1 Å². The highest BCUT2D eigenvalue weighted by Crippen LogP contribution is 2.21. The first kappa shape index (κ1) is 14.4. The molecule has 2 rings (SSSR count). The third-order valence-electron chi connectivity index (χ3n) is 2.72. The fourth-order valence-corrected chi connectivity index (χ4v) is 2.76. The van der Waals surface area contributed by atoms with Crippen LogP contribution in [0.15, 0.2) is 39.6 Å². The van der Waals surface area contributed by atoms with Gasteiger partial charge in [0.1, 0.15) is 5.76 Å². The third-order valence-corrected chi connectivity index (χ3v) is 4.41. The molecular weight excluding hydrogens is 377 g/mol. The van der Waals surface area contributed by atoms with Gasteiger partial charge in [-0.05, 0) is 59.3 Å². The van der Waals surface area contributed by atoms with Crippen LogP contribution in [-0.4, -0.2) is 14.7 Å². The topological polar surface area (TPSA) is 59.3 Å². The monoisotopic (exact) mass is 391 g/mol. The summed E-state index contributed by atoms with van der Waals surface area (Å²) in [6.07, 6.45) is 1.20. The summed E-state index contributed by atoms with van der Waals surface area (Å²) >= 11 is 2.10. The van der Waals surface area contributed by atoms with Crippen LogP contribution in [0.4, 0.5) is 5.69 Å². The Labute approximate surface area is 126 Å². The summed E-state index contributed by atoms with van der Waals surface area (Å²) < 4.78 is 29.3. The molecular formula is C13H14INO3S. The average Bonchev–Trinajstić information content (AvgIpc) is 2.72. The van der Waals surface area contributed by atoms with Crippen molar-refractivity contribution in [2.75, 3.05) is 11.6 Å². The maximum absolute atomic E-state index is 11.5. The number of halogens is 1. The number of furan rings is 1. The smallest absolute Gasteiger partial charge is 0.175 e. The average molecular weight is 391 g/mol. The molecule has 1 aromatic heterocycles. The Hall–Kier alpha value is -1.02. The molecule has 1 aromatic carbocycles. The normalized spacial score (nSPS) is 11.5. The van der Waals surface area contributed by atoms with E-state index in [0.29, 0.717) is 11.4 Å². The quantitative estimate of drug-likeness (QED) is 0.814. The lowest BCUT2D eigenvalue weighted by atomic mass is 10.2. The molecule has 0 bridgehead atoms. The van der Waals surface area contributed by atoms with Crippen LogP contribution in [0.1, 0.15) is 11.3 Å². The Bertz CT molecular complexity index is 692. The number of hydrogen-bond donors (Lipinski definition) is 1. The molecule has 4 nitrogen and oxygen atoms in total. The minimum atomic E-state index is -3.19. The second kappa shape index (κ2) is 5.54. The van der Waals surface area contributed by atoms with Crippen molar-refractivity contribution in [3.63, 3.8) is 0 Å². The van der Waals surface area contributed by atoms with Crippen LogP contribution in [0, 0.1) is 10.7 Å². The molecule has 6 heteroatoms. The van der Waals surface area contributed by atoms with Crippen molar-refractivity contribution in [3.05, 3.63) is 45.4 Å². The summed E-state index contributed by atoms with van der Waals surface area (Å²) in [5, 5.41) is 3.19. The van der Waals surface area contributed by atoms with Crippen LogP contribution < -0.4 is 5.32 Å². The Kier molecular flexibility index (Phi) is 4.19. The first-order valence-electron chi connectivity index (χ1n) is 5.65. The molecule has 102 valence electrons. The molecule has 0 fully saturated rings. The summed E-state index contributed by atoms with van der Waals surface area (Å²) in [5.41, 5.74) is 1.79. The summed E-state index contributed by atoms with van der Waals surface area (Å²) in [6.45, 7) is 2.46. The first-order chi connectivity index (χ1) is 8.86. The Morgan fingerprint density at radius 3 is 2.58 bits per heavy atom. The molecule has 1 N–H and O–H groups in total. The lowest BCUT2D eigenvalue weighted by Crippen LogP contribution is -2.03. The molecule has 0 spiro atoms. The van der Waals surface area contributed by atoms with E-state index in [2.05, 4.69) is 27.9 Å². The third kappa shape index (κ3) is 3.73. The lowest BCUT2D eigenvalue weighted by Gasteiger charge is -2.10. The Morgan fingerprint density at radius 1 is 1.26 bits per heavy atom. The van der Waals surface area contributed by atoms with Gasteiger partial charge in [-0.2, -0.15) is 0 Å². The van der Waals surface area contributed by atoms with Gasteiger partial charge in [-0.15, -0.1) is 0 Å². The lowest BCUT2D eigenvalue weighted by molar-refractivity contribution is 0.493. The van der Waals surface area contributed by atoms with Crippen LogP contribution in [0.3, 0.4) is 0 Å². The molecule has 19 heavy (non-hydrogen) atoms. The number of aryl methyl sites for hydroxylation is 1. The molecule has 2 aromatic rings. The number of benzene rings is 1. The van der Waals surface area contributed by atoms with E-state index in [1.165, 1.54) is 6.26 Å². The van der Waals surface area contributed by atoms with Gasteiger partial charge in [0.2, 0.25) is 0 Å². The highest BCUT2D eigenvalue weighted by Gasteiger charge is 2.09. The summed E-state index contributed by atoms with van der Waals surface area (Å²) in [5.74, 6) is 0.813. The molecule has 0 aliphatic heterocycles. The zero-order valence-corrected chi connectivity index (χ0v) is 13.6. The van der Waals surface area contributed by atoms with Crippen LogP contribution in [0.2, 0.25) is 0 Å². The van der Waals surface area contributed by atoms with Crippen molar-refractivity contribution in [2.24, 2.45) is 0 Å². The molecule has 0 atom stereocenters. The summed E-state index contributed by atoms with van der Waals surface area (Å²) in [7, 11) is -3.19. The predicted molar refractivity (Wildman–Crippen MR) is 83.0 cm³/mol. The second-order valence-corrected chi connectivity index (χ2v) is 7.39. The zero-order valence-electron chi connectivity index (χ0n) is 10.6. The SMILES string of the molecule is Cc1ccc(S(C)(=O)=O)cc1NCc1ccc(I)o1. The van der Waals surface area contributed by atoms with Crippen molar-refractivity contribution in [1.29, 1.82) is 0 Å². The molecule has 0 saturated carbocycles. The van der Waals surface area contributed by atoms with E-state index < -0.39 is 9.84 Å². The van der Waals surface area contributed by atoms with Gasteiger partial charge in [0.25, 0.3) is 0 Å². The van der Waals surface area contributed by atoms with Gasteiger partial charge in [0.05, 0.1) is 11.4 Å². The number of rotatable bonds is 4. The van der Waals surface area contributed by atoms with Crippen molar-refractivity contribution in [1.82, 2.24) is 0 Å². The van der Waals surface area contributed by atoms with Crippen LogP contribution >= 0.6 is 22.6 Å². The molecule has 0 unspecified atom stereocenters. The van der Waals surface area contributed by atoms with E-state index in [4.69, 9.17) is 4.42 Å². The maximum atomic E-state index is 11.5. The van der Waals surface area contributed by atoms with Crippen molar-refractivity contribution in [3.8, 4) is 0 Å². The van der Waals surface area contributed by atoms with E-state index in [0.717, 1.165) is 20.8 Å². The highest BCUT2D eigenvalue weighted by atomic mass is 127. The van der Waals surface area contributed by atoms with Gasteiger partial charge < -0.3 is 9.73 Å². The summed E-state index contributed by atoms with van der Waals surface area (Å²) in [4.78, 5) is 0.314. The van der Waals surface area contributed by atoms with E-state index in [-0.39, 0.29) is 0 Å². The van der Waals surface area contributed by atoms with E-state index in [1.54, 1.807) is 18.2 Å². The minimum Gasteiger partial charge on any atom is -0.454 e. The number of hydrogen-bond acceptors (Lipinski definition) is 4. The Balaban J connectivity index is 2.20. The van der Waals surface area contributed by atoms with Crippen LogP contribution in [-0.2, 0) is 16.4 Å². The van der Waals surface area contributed by atoms with Crippen molar-refractivity contribution < 1.29 is 12.8 Å². The van der Waals surface area contributed by atoms with Gasteiger partial charge in [-0.1, -0.05) is 6.07 Å². The van der Waals surface area contributed by atoms with Crippen LogP contribution in [0.5, 0.6) is 0 Å². The standard InChI is InChI=1S/C13H14INO3S/c1-9-3-5-11(19(2,16)17)7-12(9)15-8-10-4-6-13(14)18-10/h3-7,15H,8H2,1-2H3. The van der Waals surface area contributed by atoms with Gasteiger partial charge in [-0.3, -0.25) is 0 Å². The van der Waals surface area contributed by atoms with E-state index in [9.17, 15) is 8.42 Å². The van der Waals surface area contributed by atoms with Gasteiger partial charge in [-0.25, -0.2) is 8.42 Å². The first-order valence-corrected chi connectivity index (χ1v) is 8.62.